The Morgan fingerprint density at radius 1 is 1.30 bits per heavy atom. The van der Waals surface area contributed by atoms with E-state index in [4.69, 9.17) is 26.8 Å². The Balaban J connectivity index is 2.50. The summed E-state index contributed by atoms with van der Waals surface area (Å²) in [7, 11) is 1.29. The Labute approximate surface area is 135 Å². The molecule has 0 aliphatic rings. The predicted octanol–water partition coefficient (Wildman–Crippen LogP) is 4.11. The van der Waals surface area contributed by atoms with E-state index >= 15 is 0 Å². The lowest BCUT2D eigenvalue weighted by molar-refractivity contribution is 0.0598. The van der Waals surface area contributed by atoms with Crippen molar-refractivity contribution in [2.45, 2.75) is 0 Å². The lowest BCUT2D eigenvalue weighted by Gasteiger charge is -2.13. The number of nitrogen functional groups attached to an aromatic ring is 1. The average molecular weight is 404 g/mol. The number of halogens is 2. The summed E-state index contributed by atoms with van der Waals surface area (Å²) in [5.41, 5.74) is 6.25. The van der Waals surface area contributed by atoms with Crippen molar-refractivity contribution in [2.24, 2.45) is 0 Å². The van der Waals surface area contributed by atoms with Gasteiger partial charge < -0.3 is 15.2 Å². The van der Waals surface area contributed by atoms with E-state index in [-0.39, 0.29) is 16.3 Å². The number of rotatable bonds is 3. The Morgan fingerprint density at radius 2 is 2.00 bits per heavy atom. The van der Waals surface area contributed by atoms with Gasteiger partial charge in [0.15, 0.2) is 5.75 Å². The molecule has 0 bridgehead atoms. The van der Waals surface area contributed by atoms with Gasteiger partial charge in [-0.3, -0.25) is 0 Å². The van der Waals surface area contributed by atoms with Crippen LogP contribution < -0.4 is 10.5 Å². The van der Waals surface area contributed by atoms with Crippen molar-refractivity contribution in [1.82, 2.24) is 0 Å². The summed E-state index contributed by atoms with van der Waals surface area (Å²) in [5, 5.41) is 0.255. The minimum atomic E-state index is -0.555. The fourth-order valence-electron chi connectivity index (χ4n) is 1.62. The molecule has 2 aromatic carbocycles. The van der Waals surface area contributed by atoms with Crippen LogP contribution in [0.5, 0.6) is 11.5 Å². The molecular formula is C14H11ClINO3. The van der Waals surface area contributed by atoms with E-state index in [0.29, 0.717) is 11.4 Å². The zero-order valence-electron chi connectivity index (χ0n) is 10.5. The standard InChI is InChI=1S/C14H11ClINO3/c1-19-14(18)9-6-8(17)7-10(15)13(9)20-12-5-3-2-4-11(12)16/h2-7H,17H2,1H3. The van der Waals surface area contributed by atoms with Crippen LogP contribution in [0.4, 0.5) is 5.69 Å². The molecule has 20 heavy (non-hydrogen) atoms. The Bertz CT molecular complexity index is 661. The fourth-order valence-corrected chi connectivity index (χ4v) is 2.38. The van der Waals surface area contributed by atoms with Crippen molar-refractivity contribution in [3.8, 4) is 11.5 Å². The second-order valence-corrected chi connectivity index (χ2v) is 5.47. The molecular weight excluding hydrogens is 393 g/mol. The summed E-state index contributed by atoms with van der Waals surface area (Å²) in [4.78, 5) is 11.8. The molecule has 4 nitrogen and oxygen atoms in total. The highest BCUT2D eigenvalue weighted by Gasteiger charge is 2.19. The molecule has 2 N–H and O–H groups in total. The molecule has 2 aromatic rings. The number of benzene rings is 2. The Morgan fingerprint density at radius 3 is 2.65 bits per heavy atom. The minimum Gasteiger partial charge on any atom is -0.465 e. The molecule has 0 fully saturated rings. The highest BCUT2D eigenvalue weighted by Crippen LogP contribution is 2.36. The van der Waals surface area contributed by atoms with Gasteiger partial charge in [0.25, 0.3) is 0 Å². The fraction of sp³-hybridized carbons (Fsp3) is 0.0714. The number of methoxy groups -OCH3 is 1. The molecule has 0 spiro atoms. The predicted molar refractivity (Wildman–Crippen MR) is 86.4 cm³/mol. The zero-order valence-corrected chi connectivity index (χ0v) is 13.4. The van der Waals surface area contributed by atoms with E-state index < -0.39 is 5.97 Å². The smallest absolute Gasteiger partial charge is 0.341 e. The number of esters is 1. The Kier molecular flexibility index (Phi) is 4.72. The van der Waals surface area contributed by atoms with E-state index in [1.165, 1.54) is 19.2 Å². The van der Waals surface area contributed by atoms with Gasteiger partial charge in [-0.1, -0.05) is 23.7 Å². The van der Waals surface area contributed by atoms with Gasteiger partial charge in [0.2, 0.25) is 0 Å². The van der Waals surface area contributed by atoms with E-state index in [1.54, 1.807) is 6.07 Å². The lowest BCUT2D eigenvalue weighted by Crippen LogP contribution is -2.05. The minimum absolute atomic E-state index is 0.192. The SMILES string of the molecule is COC(=O)c1cc(N)cc(Cl)c1Oc1ccccc1I. The molecule has 0 saturated carbocycles. The molecule has 104 valence electrons. The maximum atomic E-state index is 11.8. The molecule has 0 saturated heterocycles. The average Bonchev–Trinajstić information content (AvgIpc) is 2.42. The first-order chi connectivity index (χ1) is 9.52. The largest absolute Gasteiger partial charge is 0.465 e. The van der Waals surface area contributed by atoms with E-state index in [1.807, 2.05) is 18.2 Å². The van der Waals surface area contributed by atoms with Gasteiger partial charge in [0.1, 0.15) is 11.3 Å². The van der Waals surface area contributed by atoms with Gasteiger partial charge in [-0.05, 0) is 46.9 Å². The number of hydrogen-bond acceptors (Lipinski definition) is 4. The van der Waals surface area contributed by atoms with Gasteiger partial charge in [0, 0.05) is 5.69 Å². The molecule has 0 heterocycles. The normalized spacial score (nSPS) is 10.2. The van der Waals surface area contributed by atoms with Crippen LogP contribution >= 0.6 is 34.2 Å². The number of carbonyl (C=O) groups excluding carboxylic acids is 1. The first-order valence-electron chi connectivity index (χ1n) is 5.62. The topological polar surface area (TPSA) is 61.5 Å². The molecule has 0 aliphatic carbocycles. The molecule has 0 amide bonds. The van der Waals surface area contributed by atoms with Gasteiger partial charge in [-0.15, -0.1) is 0 Å². The van der Waals surface area contributed by atoms with E-state index in [9.17, 15) is 4.79 Å². The van der Waals surface area contributed by atoms with Gasteiger partial charge >= 0.3 is 5.97 Å². The number of anilines is 1. The van der Waals surface area contributed by atoms with Crippen LogP contribution in [0.15, 0.2) is 36.4 Å². The maximum Gasteiger partial charge on any atom is 0.341 e. The number of ether oxygens (including phenoxy) is 2. The van der Waals surface area contributed by atoms with Gasteiger partial charge in [-0.2, -0.15) is 0 Å². The van der Waals surface area contributed by atoms with E-state index in [2.05, 4.69) is 22.6 Å². The molecule has 0 unspecified atom stereocenters. The molecule has 0 aromatic heterocycles. The lowest BCUT2D eigenvalue weighted by atomic mass is 10.1. The van der Waals surface area contributed by atoms with Crippen LogP contribution in [0.3, 0.4) is 0 Å². The van der Waals surface area contributed by atoms with Crippen molar-refractivity contribution in [3.63, 3.8) is 0 Å². The van der Waals surface area contributed by atoms with Crippen LogP contribution in [0.2, 0.25) is 5.02 Å². The molecule has 0 atom stereocenters. The summed E-state index contributed by atoms with van der Waals surface area (Å²) in [6.07, 6.45) is 0. The van der Waals surface area contributed by atoms with Crippen LogP contribution in [-0.4, -0.2) is 13.1 Å². The zero-order chi connectivity index (χ0) is 14.7. The number of carbonyl (C=O) groups is 1. The third-order valence-corrected chi connectivity index (χ3v) is 3.69. The van der Waals surface area contributed by atoms with Crippen LogP contribution in [0, 0.1) is 3.57 Å². The summed E-state index contributed by atoms with van der Waals surface area (Å²) < 4.78 is 11.4. The molecule has 0 aliphatic heterocycles. The highest BCUT2D eigenvalue weighted by molar-refractivity contribution is 14.1. The monoisotopic (exact) mass is 403 g/mol. The Hall–Kier alpha value is -1.47. The third-order valence-electron chi connectivity index (χ3n) is 2.52. The van der Waals surface area contributed by atoms with Gasteiger partial charge in [0.05, 0.1) is 15.7 Å². The van der Waals surface area contributed by atoms with Crippen molar-refractivity contribution in [3.05, 3.63) is 50.6 Å². The quantitative estimate of drug-likeness (QED) is 0.476. The third kappa shape index (κ3) is 3.16. The second-order valence-electron chi connectivity index (χ2n) is 3.90. The number of nitrogens with two attached hydrogens (primary N) is 1. The summed E-state index contributed by atoms with van der Waals surface area (Å²) >= 11 is 8.26. The van der Waals surface area contributed by atoms with Crippen LogP contribution in [0.1, 0.15) is 10.4 Å². The molecule has 6 heteroatoms. The van der Waals surface area contributed by atoms with Crippen molar-refractivity contribution in [1.29, 1.82) is 0 Å². The summed E-state index contributed by atoms with van der Waals surface area (Å²) in [6, 6.07) is 10.4. The van der Waals surface area contributed by atoms with Crippen molar-refractivity contribution >= 4 is 45.8 Å². The molecule has 0 radical (unpaired) electrons. The van der Waals surface area contributed by atoms with Crippen molar-refractivity contribution < 1.29 is 14.3 Å². The highest BCUT2D eigenvalue weighted by atomic mass is 127. The van der Waals surface area contributed by atoms with Gasteiger partial charge in [-0.25, -0.2) is 4.79 Å². The van der Waals surface area contributed by atoms with Crippen LogP contribution in [0.25, 0.3) is 0 Å². The first kappa shape index (κ1) is 14.9. The number of para-hydroxylation sites is 1. The summed E-state index contributed by atoms with van der Waals surface area (Å²) in [5.74, 6) is 0.280. The molecule has 2 rings (SSSR count). The van der Waals surface area contributed by atoms with E-state index in [0.717, 1.165) is 3.57 Å². The first-order valence-corrected chi connectivity index (χ1v) is 7.08. The van der Waals surface area contributed by atoms with Crippen LogP contribution in [-0.2, 0) is 4.74 Å². The van der Waals surface area contributed by atoms with Crippen molar-refractivity contribution in [2.75, 3.05) is 12.8 Å². The maximum absolute atomic E-state index is 11.8. The second kappa shape index (κ2) is 6.32. The number of hydrogen-bond donors (Lipinski definition) is 1. The summed E-state index contributed by atoms with van der Waals surface area (Å²) in [6.45, 7) is 0.